The molecule has 1 N–H and O–H groups in total. The van der Waals surface area contributed by atoms with Crippen molar-refractivity contribution >= 4 is 0 Å². The number of pyridine rings is 1. The van der Waals surface area contributed by atoms with Gasteiger partial charge in [-0.3, -0.25) is 10.1 Å². The molecule has 0 saturated heterocycles. The summed E-state index contributed by atoms with van der Waals surface area (Å²) in [5.41, 5.74) is 1.49. The van der Waals surface area contributed by atoms with E-state index < -0.39 is 11.7 Å². The minimum Gasteiger partial charge on any atom is -0.487 e. The van der Waals surface area contributed by atoms with Crippen LogP contribution in [0.5, 0.6) is 5.75 Å². The van der Waals surface area contributed by atoms with Crippen molar-refractivity contribution in [1.29, 1.82) is 0 Å². The first-order valence-electron chi connectivity index (χ1n) is 6.77. The van der Waals surface area contributed by atoms with Crippen LogP contribution in [0.15, 0.2) is 54.9 Å². The zero-order valence-corrected chi connectivity index (χ0v) is 11.8. The number of halogens is 3. The number of hydrogen-bond donors (Lipinski definition) is 1. The highest BCUT2D eigenvalue weighted by molar-refractivity contribution is 5.53. The van der Waals surface area contributed by atoms with E-state index in [1.165, 1.54) is 12.1 Å². The van der Waals surface area contributed by atoms with Crippen molar-refractivity contribution in [3.63, 3.8) is 0 Å². The molecular weight excluding hydrogens is 307 g/mol. The molecule has 0 saturated carbocycles. The highest BCUT2D eigenvalue weighted by Crippen LogP contribution is 2.29. The number of aromatic nitrogens is 3. The van der Waals surface area contributed by atoms with Crippen LogP contribution in [0.2, 0.25) is 0 Å². The summed E-state index contributed by atoms with van der Waals surface area (Å²) in [6, 6.07) is 10.2. The molecule has 1 aromatic carbocycles. The standard InChI is InChI=1S/C16H12F3N3O/c17-16(18,19)12-3-1-11(2-4-12)10-23-13-5-6-14(20-9-13)15-7-8-21-22-15/h1-9H,10H2,(H,21,22). The van der Waals surface area contributed by atoms with Crippen molar-refractivity contribution in [1.82, 2.24) is 15.2 Å². The third-order valence-corrected chi connectivity index (χ3v) is 3.20. The molecule has 3 rings (SSSR count). The van der Waals surface area contributed by atoms with E-state index in [0.29, 0.717) is 11.3 Å². The first kappa shape index (κ1) is 15.1. The summed E-state index contributed by atoms with van der Waals surface area (Å²) in [5, 5.41) is 6.65. The van der Waals surface area contributed by atoms with E-state index in [2.05, 4.69) is 15.2 Å². The molecule has 118 valence electrons. The molecule has 4 nitrogen and oxygen atoms in total. The van der Waals surface area contributed by atoms with Crippen molar-refractivity contribution in [2.75, 3.05) is 0 Å². The molecule has 2 heterocycles. The Bertz CT molecular complexity index is 751. The van der Waals surface area contributed by atoms with Crippen molar-refractivity contribution in [2.24, 2.45) is 0 Å². The van der Waals surface area contributed by atoms with E-state index in [4.69, 9.17) is 4.74 Å². The van der Waals surface area contributed by atoms with Crippen LogP contribution >= 0.6 is 0 Å². The van der Waals surface area contributed by atoms with Crippen LogP contribution in [0, 0.1) is 0 Å². The van der Waals surface area contributed by atoms with Gasteiger partial charge in [0.25, 0.3) is 0 Å². The Morgan fingerprint density at radius 1 is 1.00 bits per heavy atom. The van der Waals surface area contributed by atoms with Gasteiger partial charge in [-0.05, 0) is 35.9 Å². The lowest BCUT2D eigenvalue weighted by molar-refractivity contribution is -0.137. The molecule has 0 aliphatic carbocycles. The van der Waals surface area contributed by atoms with E-state index in [9.17, 15) is 13.2 Å². The Kier molecular flexibility index (Phi) is 4.01. The fourth-order valence-electron chi connectivity index (χ4n) is 1.98. The molecule has 2 aromatic heterocycles. The van der Waals surface area contributed by atoms with Crippen LogP contribution in [-0.4, -0.2) is 15.2 Å². The molecular formula is C16H12F3N3O. The largest absolute Gasteiger partial charge is 0.487 e. The van der Waals surface area contributed by atoms with Crippen LogP contribution in [0.4, 0.5) is 13.2 Å². The second-order valence-electron chi connectivity index (χ2n) is 4.83. The molecule has 0 spiro atoms. The van der Waals surface area contributed by atoms with Gasteiger partial charge in [-0.2, -0.15) is 18.3 Å². The smallest absolute Gasteiger partial charge is 0.416 e. The maximum absolute atomic E-state index is 12.5. The molecule has 0 atom stereocenters. The summed E-state index contributed by atoms with van der Waals surface area (Å²) >= 11 is 0. The number of benzene rings is 1. The van der Waals surface area contributed by atoms with Gasteiger partial charge >= 0.3 is 6.18 Å². The maximum Gasteiger partial charge on any atom is 0.416 e. The average Bonchev–Trinajstić information content (AvgIpc) is 3.07. The van der Waals surface area contributed by atoms with Gasteiger partial charge in [0, 0.05) is 6.20 Å². The zero-order valence-electron chi connectivity index (χ0n) is 11.8. The van der Waals surface area contributed by atoms with Gasteiger partial charge in [-0.25, -0.2) is 0 Å². The van der Waals surface area contributed by atoms with E-state index >= 15 is 0 Å². The first-order chi connectivity index (χ1) is 11.0. The monoisotopic (exact) mass is 319 g/mol. The van der Waals surface area contributed by atoms with Crippen LogP contribution in [0.1, 0.15) is 11.1 Å². The highest BCUT2D eigenvalue weighted by atomic mass is 19.4. The van der Waals surface area contributed by atoms with Gasteiger partial charge in [0.15, 0.2) is 0 Å². The topological polar surface area (TPSA) is 50.8 Å². The van der Waals surface area contributed by atoms with Crippen LogP contribution in [-0.2, 0) is 12.8 Å². The number of alkyl halides is 3. The summed E-state index contributed by atoms with van der Waals surface area (Å²) in [4.78, 5) is 4.23. The highest BCUT2D eigenvalue weighted by Gasteiger charge is 2.29. The number of aromatic amines is 1. The molecule has 0 unspecified atom stereocenters. The number of H-pyrrole nitrogens is 1. The van der Waals surface area contributed by atoms with Crippen molar-refractivity contribution in [3.8, 4) is 17.1 Å². The summed E-state index contributed by atoms with van der Waals surface area (Å²) in [7, 11) is 0. The summed E-state index contributed by atoms with van der Waals surface area (Å²) in [6.45, 7) is 0.170. The van der Waals surface area contributed by atoms with E-state index in [1.807, 2.05) is 0 Å². The first-order valence-corrected chi connectivity index (χ1v) is 6.77. The third-order valence-electron chi connectivity index (χ3n) is 3.20. The Labute approximate surface area is 130 Å². The SMILES string of the molecule is FC(F)(F)c1ccc(COc2ccc(-c3ccn[nH]3)nc2)cc1. The molecule has 7 heteroatoms. The second kappa shape index (κ2) is 6.12. The van der Waals surface area contributed by atoms with E-state index in [0.717, 1.165) is 23.5 Å². The fraction of sp³-hybridized carbons (Fsp3) is 0.125. The molecule has 0 bridgehead atoms. The Hall–Kier alpha value is -2.83. The Balaban J connectivity index is 1.62. The fourth-order valence-corrected chi connectivity index (χ4v) is 1.98. The number of nitrogens with one attached hydrogen (secondary N) is 1. The number of ether oxygens (including phenoxy) is 1. The van der Waals surface area contributed by atoms with Crippen LogP contribution in [0.3, 0.4) is 0 Å². The van der Waals surface area contributed by atoms with Gasteiger partial charge in [0.1, 0.15) is 12.4 Å². The second-order valence-corrected chi connectivity index (χ2v) is 4.83. The third kappa shape index (κ3) is 3.68. The zero-order chi connectivity index (χ0) is 16.3. The Morgan fingerprint density at radius 2 is 1.78 bits per heavy atom. The van der Waals surface area contributed by atoms with Crippen molar-refractivity contribution < 1.29 is 17.9 Å². The molecule has 0 aliphatic rings. The quantitative estimate of drug-likeness (QED) is 0.788. The predicted octanol–water partition coefficient (Wildman–Crippen LogP) is 4.07. The molecule has 0 amide bonds. The lowest BCUT2D eigenvalue weighted by Gasteiger charge is -2.09. The van der Waals surface area contributed by atoms with Gasteiger partial charge in [0.05, 0.1) is 23.1 Å². The van der Waals surface area contributed by atoms with Gasteiger partial charge in [-0.1, -0.05) is 12.1 Å². The lowest BCUT2D eigenvalue weighted by Crippen LogP contribution is -2.05. The minimum absolute atomic E-state index is 0.170. The molecule has 0 aliphatic heterocycles. The van der Waals surface area contributed by atoms with E-state index in [-0.39, 0.29) is 6.61 Å². The number of hydrogen-bond acceptors (Lipinski definition) is 3. The lowest BCUT2D eigenvalue weighted by atomic mass is 10.1. The van der Waals surface area contributed by atoms with E-state index in [1.54, 1.807) is 30.6 Å². The van der Waals surface area contributed by atoms with Gasteiger partial charge in [0.2, 0.25) is 0 Å². The molecule has 0 fully saturated rings. The molecule has 23 heavy (non-hydrogen) atoms. The normalized spacial score (nSPS) is 11.4. The maximum atomic E-state index is 12.5. The van der Waals surface area contributed by atoms with Gasteiger partial charge < -0.3 is 4.74 Å². The van der Waals surface area contributed by atoms with Crippen molar-refractivity contribution in [3.05, 3.63) is 66.0 Å². The number of nitrogens with zero attached hydrogens (tertiary/aromatic N) is 2. The minimum atomic E-state index is -4.33. The average molecular weight is 319 g/mol. The summed E-state index contributed by atoms with van der Waals surface area (Å²) in [5.74, 6) is 0.535. The summed E-state index contributed by atoms with van der Waals surface area (Å²) < 4.78 is 43.0. The predicted molar refractivity (Wildman–Crippen MR) is 77.6 cm³/mol. The Morgan fingerprint density at radius 3 is 2.35 bits per heavy atom. The van der Waals surface area contributed by atoms with Gasteiger partial charge in [-0.15, -0.1) is 0 Å². The van der Waals surface area contributed by atoms with Crippen molar-refractivity contribution in [2.45, 2.75) is 12.8 Å². The number of rotatable bonds is 4. The summed E-state index contributed by atoms with van der Waals surface area (Å²) in [6.07, 6.45) is -1.14. The van der Waals surface area contributed by atoms with Crippen LogP contribution < -0.4 is 4.74 Å². The molecule has 0 radical (unpaired) electrons. The van der Waals surface area contributed by atoms with Crippen LogP contribution in [0.25, 0.3) is 11.4 Å². The molecule has 3 aromatic rings.